The number of nitrogens with one attached hydrogen (secondary N) is 1. The van der Waals surface area contributed by atoms with Crippen LogP contribution in [0.4, 0.5) is 11.4 Å². The van der Waals surface area contributed by atoms with E-state index >= 15 is 0 Å². The number of benzene rings is 2. The molecule has 0 spiro atoms. The third kappa shape index (κ3) is 4.91. The van der Waals surface area contributed by atoms with Gasteiger partial charge in [0, 0.05) is 22.7 Å². The number of hydrogen-bond donors (Lipinski definition) is 2. The number of halogens is 3. The van der Waals surface area contributed by atoms with Gasteiger partial charge in [-0.05, 0) is 24.3 Å². The van der Waals surface area contributed by atoms with E-state index in [0.29, 0.717) is 21.4 Å². The van der Waals surface area contributed by atoms with Crippen molar-refractivity contribution < 1.29 is 9.72 Å². The fourth-order valence-corrected chi connectivity index (χ4v) is 3.58. The highest BCUT2D eigenvalue weighted by Crippen LogP contribution is 2.30. The number of nitro benzene ring substituents is 1. The molecule has 3 rings (SSSR count). The molecule has 1 heterocycles. The van der Waals surface area contributed by atoms with Gasteiger partial charge in [0.2, 0.25) is 11.1 Å². The van der Waals surface area contributed by atoms with Gasteiger partial charge in [0.1, 0.15) is 0 Å². The predicted octanol–water partition coefficient (Wildman–Crippen LogP) is 4.26. The topological polar surface area (TPSA) is 129 Å². The largest absolute Gasteiger partial charge is 0.335 e. The minimum atomic E-state index is -0.582. The molecule has 1 aromatic heterocycles. The summed E-state index contributed by atoms with van der Waals surface area (Å²) in [6, 6.07) is 8.60. The Labute approximate surface area is 183 Å². The lowest BCUT2D eigenvalue weighted by Gasteiger charge is -2.07. The highest BCUT2D eigenvalue weighted by molar-refractivity contribution is 7.99. The molecule has 0 saturated heterocycles. The van der Waals surface area contributed by atoms with Crippen LogP contribution in [0, 0.1) is 10.1 Å². The molecule has 3 aromatic rings. The van der Waals surface area contributed by atoms with Crippen molar-refractivity contribution in [1.29, 1.82) is 0 Å². The molecule has 0 atom stereocenters. The summed E-state index contributed by atoms with van der Waals surface area (Å²) in [4.78, 5) is 22.5. The lowest BCUT2D eigenvalue weighted by Crippen LogP contribution is -2.16. The van der Waals surface area contributed by atoms with Crippen molar-refractivity contribution >= 4 is 63.8 Å². The normalized spacial score (nSPS) is 10.7. The van der Waals surface area contributed by atoms with Crippen molar-refractivity contribution in [3.63, 3.8) is 0 Å². The fourth-order valence-electron chi connectivity index (χ4n) is 2.27. The number of non-ortho nitro benzene ring substituents is 1. The van der Waals surface area contributed by atoms with Crippen LogP contribution in [0.15, 0.2) is 41.6 Å². The van der Waals surface area contributed by atoms with E-state index in [9.17, 15) is 14.9 Å². The zero-order valence-corrected chi connectivity index (χ0v) is 17.4. The first-order valence-electron chi connectivity index (χ1n) is 7.78. The third-order valence-corrected chi connectivity index (χ3v) is 5.42. The van der Waals surface area contributed by atoms with Crippen molar-refractivity contribution in [2.75, 3.05) is 16.9 Å². The van der Waals surface area contributed by atoms with Crippen LogP contribution in [-0.2, 0) is 4.79 Å². The number of anilines is 1. The molecule has 0 fully saturated rings. The number of thioether (sulfide) groups is 1. The molecule has 150 valence electrons. The van der Waals surface area contributed by atoms with Gasteiger partial charge in [-0.1, -0.05) is 46.6 Å². The van der Waals surface area contributed by atoms with E-state index in [1.165, 1.54) is 22.9 Å². The molecule has 13 heteroatoms. The van der Waals surface area contributed by atoms with Crippen molar-refractivity contribution in [2.45, 2.75) is 5.16 Å². The summed E-state index contributed by atoms with van der Waals surface area (Å²) in [5.74, 6) is 5.78. The standard InChI is InChI=1S/C16H11Cl3N6O3S/c17-8-1-3-10(12(19)5-8)15-22-23-16(24(15)20)29-7-14(26)21-13-6-9(25(27)28)2-4-11(13)18/h1-6H,7,20H2,(H,21,26). The van der Waals surface area contributed by atoms with Gasteiger partial charge in [0.05, 0.1) is 26.4 Å². The zero-order chi connectivity index (χ0) is 21.1. The summed E-state index contributed by atoms with van der Waals surface area (Å²) in [5.41, 5.74) is 0.476. The number of nitrogens with zero attached hydrogens (tertiary/aromatic N) is 4. The van der Waals surface area contributed by atoms with Gasteiger partial charge < -0.3 is 11.2 Å². The number of hydrogen-bond acceptors (Lipinski definition) is 7. The number of rotatable bonds is 6. The summed E-state index contributed by atoms with van der Waals surface area (Å²) >= 11 is 19.0. The quantitative estimate of drug-likeness (QED) is 0.237. The number of carbonyl (C=O) groups is 1. The van der Waals surface area contributed by atoms with Crippen molar-refractivity contribution in [3.8, 4) is 11.4 Å². The first kappa shape index (κ1) is 21.2. The van der Waals surface area contributed by atoms with Gasteiger partial charge >= 0.3 is 0 Å². The first-order valence-corrected chi connectivity index (χ1v) is 9.90. The molecule has 0 radical (unpaired) electrons. The Morgan fingerprint density at radius 3 is 2.62 bits per heavy atom. The van der Waals surface area contributed by atoms with Gasteiger partial charge in [0.15, 0.2) is 5.82 Å². The number of nitro groups is 1. The van der Waals surface area contributed by atoms with Gasteiger partial charge in [-0.2, -0.15) is 0 Å². The molecule has 0 saturated carbocycles. The average Bonchev–Trinajstić information content (AvgIpc) is 3.02. The summed E-state index contributed by atoms with van der Waals surface area (Å²) in [5, 5.41) is 22.6. The Bertz CT molecular complexity index is 1110. The van der Waals surface area contributed by atoms with Crippen LogP contribution in [0.1, 0.15) is 0 Å². The van der Waals surface area contributed by atoms with Gasteiger partial charge in [-0.15, -0.1) is 10.2 Å². The Morgan fingerprint density at radius 1 is 1.17 bits per heavy atom. The van der Waals surface area contributed by atoms with E-state index in [-0.39, 0.29) is 27.3 Å². The predicted molar refractivity (Wildman–Crippen MR) is 113 cm³/mol. The maximum atomic E-state index is 12.2. The van der Waals surface area contributed by atoms with Crippen LogP contribution in [0.3, 0.4) is 0 Å². The maximum absolute atomic E-state index is 12.2. The second-order valence-corrected chi connectivity index (χ2v) is 7.75. The second kappa shape index (κ2) is 8.87. The van der Waals surface area contributed by atoms with E-state index in [1.807, 2.05) is 0 Å². The Balaban J connectivity index is 1.69. The number of nitrogen functional groups attached to an aromatic ring is 1. The Kier molecular flexibility index (Phi) is 6.48. The molecular weight excluding hydrogens is 463 g/mol. The van der Waals surface area contributed by atoms with Crippen LogP contribution in [0.5, 0.6) is 0 Å². The summed E-state index contributed by atoms with van der Waals surface area (Å²) < 4.78 is 1.20. The summed E-state index contributed by atoms with van der Waals surface area (Å²) in [6.45, 7) is 0. The van der Waals surface area contributed by atoms with E-state index in [4.69, 9.17) is 40.6 Å². The van der Waals surface area contributed by atoms with E-state index in [0.717, 1.165) is 11.8 Å². The van der Waals surface area contributed by atoms with Crippen molar-refractivity contribution in [1.82, 2.24) is 14.9 Å². The first-order chi connectivity index (χ1) is 13.8. The average molecular weight is 474 g/mol. The van der Waals surface area contributed by atoms with E-state index < -0.39 is 10.8 Å². The lowest BCUT2D eigenvalue weighted by atomic mass is 10.2. The highest BCUT2D eigenvalue weighted by Gasteiger charge is 2.17. The molecule has 29 heavy (non-hydrogen) atoms. The second-order valence-electron chi connectivity index (χ2n) is 5.56. The summed E-state index contributed by atoms with van der Waals surface area (Å²) in [6.07, 6.45) is 0. The van der Waals surface area contributed by atoms with Crippen LogP contribution in [-0.4, -0.2) is 31.5 Å². The minimum Gasteiger partial charge on any atom is -0.335 e. The molecule has 1 amide bonds. The highest BCUT2D eigenvalue weighted by atomic mass is 35.5. The molecule has 0 unspecified atom stereocenters. The van der Waals surface area contributed by atoms with Crippen LogP contribution < -0.4 is 11.2 Å². The summed E-state index contributed by atoms with van der Waals surface area (Å²) in [7, 11) is 0. The zero-order valence-electron chi connectivity index (χ0n) is 14.3. The third-order valence-electron chi connectivity index (χ3n) is 3.60. The minimum absolute atomic E-state index is 0.0807. The molecule has 0 aliphatic carbocycles. The van der Waals surface area contributed by atoms with Gasteiger partial charge in [-0.3, -0.25) is 14.9 Å². The van der Waals surface area contributed by atoms with Gasteiger partial charge in [0.25, 0.3) is 5.69 Å². The van der Waals surface area contributed by atoms with Crippen LogP contribution in [0.2, 0.25) is 15.1 Å². The molecular formula is C16H11Cl3N6O3S. The van der Waals surface area contributed by atoms with Crippen molar-refractivity contribution in [2.24, 2.45) is 0 Å². The number of carbonyl (C=O) groups excluding carboxylic acids is 1. The molecule has 0 aliphatic rings. The number of nitrogens with two attached hydrogens (primary N) is 1. The monoisotopic (exact) mass is 472 g/mol. The Hall–Kier alpha value is -2.53. The molecule has 2 aromatic carbocycles. The van der Waals surface area contributed by atoms with E-state index in [2.05, 4.69) is 15.5 Å². The fraction of sp³-hybridized carbons (Fsp3) is 0.0625. The van der Waals surface area contributed by atoms with Crippen LogP contribution in [0.25, 0.3) is 11.4 Å². The number of aromatic nitrogens is 3. The number of amides is 1. The maximum Gasteiger partial charge on any atom is 0.271 e. The molecule has 0 bridgehead atoms. The van der Waals surface area contributed by atoms with Gasteiger partial charge in [-0.25, -0.2) is 4.68 Å². The van der Waals surface area contributed by atoms with Crippen molar-refractivity contribution in [3.05, 3.63) is 61.6 Å². The SMILES string of the molecule is Nn1c(SCC(=O)Nc2cc([N+](=O)[O-])ccc2Cl)nnc1-c1ccc(Cl)cc1Cl. The van der Waals surface area contributed by atoms with Crippen LogP contribution >= 0.6 is 46.6 Å². The smallest absolute Gasteiger partial charge is 0.271 e. The van der Waals surface area contributed by atoms with E-state index in [1.54, 1.807) is 18.2 Å². The molecule has 9 nitrogen and oxygen atoms in total. The Morgan fingerprint density at radius 2 is 1.93 bits per heavy atom. The molecule has 3 N–H and O–H groups in total. The lowest BCUT2D eigenvalue weighted by molar-refractivity contribution is -0.384. The molecule has 0 aliphatic heterocycles.